The number of anilines is 1. The van der Waals surface area contributed by atoms with Crippen LogP contribution in [0, 0.1) is 0 Å². The van der Waals surface area contributed by atoms with Gasteiger partial charge in [-0.1, -0.05) is 0 Å². The molecule has 0 atom stereocenters. The summed E-state index contributed by atoms with van der Waals surface area (Å²) in [6, 6.07) is 11.0. The van der Waals surface area contributed by atoms with Crippen molar-refractivity contribution in [3.05, 3.63) is 30.3 Å². The van der Waals surface area contributed by atoms with E-state index in [0.717, 1.165) is 0 Å². The van der Waals surface area contributed by atoms with E-state index >= 15 is 0 Å². The fraction of sp³-hybridized carbons (Fsp3) is 0.500. The van der Waals surface area contributed by atoms with Gasteiger partial charge in [0.2, 0.25) is 0 Å². The zero-order chi connectivity index (χ0) is 11.7. The fourth-order valence-corrected chi connectivity index (χ4v) is 32.4. The molecule has 1 aromatic rings. The van der Waals surface area contributed by atoms with Gasteiger partial charge in [0.1, 0.15) is 0 Å². The second kappa shape index (κ2) is 4.54. The summed E-state index contributed by atoms with van der Waals surface area (Å²) in [5, 5.41) is 0. The molecule has 0 unspecified atom stereocenters. The minimum atomic E-state index is -1.76. The standard InChI is InChI=1S/C12H23Ge2N/c1-13(2,3)15(14(4,5)6)12-10-8-7-9-11-12/h7-11H,1-6H3. The Bertz CT molecular complexity index is 295. The summed E-state index contributed by atoms with van der Waals surface area (Å²) in [6.45, 7) is 0. The number of rotatable bonds is 3. The zero-order valence-electron chi connectivity index (χ0n) is 10.8. The van der Waals surface area contributed by atoms with Crippen molar-refractivity contribution in [3.63, 3.8) is 0 Å². The van der Waals surface area contributed by atoms with Crippen molar-refractivity contribution in [1.29, 1.82) is 0 Å². The molecule has 0 aliphatic rings. The summed E-state index contributed by atoms with van der Waals surface area (Å²) in [6.07, 6.45) is 0. The van der Waals surface area contributed by atoms with Crippen LogP contribution in [0.25, 0.3) is 0 Å². The Balaban J connectivity index is 3.15. The summed E-state index contributed by atoms with van der Waals surface area (Å²) in [5.41, 5.74) is 1.46. The van der Waals surface area contributed by atoms with E-state index in [4.69, 9.17) is 0 Å². The second-order valence-electron chi connectivity index (χ2n) is 6.01. The quantitative estimate of drug-likeness (QED) is 0.754. The number of benzene rings is 1. The van der Waals surface area contributed by atoms with Gasteiger partial charge in [-0.2, -0.15) is 0 Å². The molecule has 0 aliphatic heterocycles. The van der Waals surface area contributed by atoms with Crippen molar-refractivity contribution in [2.24, 2.45) is 0 Å². The first-order chi connectivity index (χ1) is 6.73. The van der Waals surface area contributed by atoms with Gasteiger partial charge in [0.15, 0.2) is 0 Å². The van der Waals surface area contributed by atoms with Crippen LogP contribution in [0.3, 0.4) is 0 Å². The molecule has 0 aliphatic carbocycles. The van der Waals surface area contributed by atoms with Crippen molar-refractivity contribution in [1.82, 2.24) is 0 Å². The molecule has 0 bridgehead atoms. The van der Waals surface area contributed by atoms with Gasteiger partial charge in [-0.3, -0.25) is 0 Å². The molecule has 0 spiro atoms. The third kappa shape index (κ3) is 3.56. The Morgan fingerprint density at radius 2 is 1.13 bits per heavy atom. The zero-order valence-corrected chi connectivity index (χ0v) is 15.0. The SMILES string of the molecule is [CH3][Ge]([CH3])([CH3])[N](c1ccccc1)[Ge]([CH3])([CH3])[CH3]. The molecule has 0 heterocycles. The Hall–Kier alpha value is 0.106. The first kappa shape index (κ1) is 13.2. The first-order valence-electron chi connectivity index (χ1n) is 5.58. The molecule has 0 N–H and O–H groups in total. The van der Waals surface area contributed by atoms with Crippen LogP contribution in [0.1, 0.15) is 0 Å². The molecule has 0 radical (unpaired) electrons. The normalized spacial score (nSPS) is 12.7. The Morgan fingerprint density at radius 1 is 0.733 bits per heavy atom. The summed E-state index contributed by atoms with van der Waals surface area (Å²) in [7, 11) is 0. The van der Waals surface area contributed by atoms with Gasteiger partial charge < -0.3 is 0 Å². The molecule has 0 fully saturated rings. The van der Waals surface area contributed by atoms with Crippen LogP contribution in [0.5, 0.6) is 0 Å². The minimum absolute atomic E-state index is 1.46. The molecular formula is C12H23Ge2N. The monoisotopic (exact) mass is 329 g/mol. The summed E-state index contributed by atoms with van der Waals surface area (Å²) in [5.74, 6) is 14.9. The van der Waals surface area contributed by atoms with Crippen molar-refractivity contribution in [2.75, 3.05) is 2.81 Å². The van der Waals surface area contributed by atoms with Crippen LogP contribution < -0.4 is 2.81 Å². The summed E-state index contributed by atoms with van der Waals surface area (Å²) < 4.78 is 2.83. The first-order valence-corrected chi connectivity index (χ1v) is 20.0. The summed E-state index contributed by atoms with van der Waals surface area (Å²) >= 11 is -3.52. The van der Waals surface area contributed by atoms with Gasteiger partial charge >= 0.3 is 100 Å². The molecule has 0 amide bonds. The molecule has 0 aromatic heterocycles. The van der Waals surface area contributed by atoms with Crippen LogP contribution in [-0.2, 0) is 0 Å². The number of para-hydroxylation sites is 1. The Kier molecular flexibility index (Phi) is 3.99. The van der Waals surface area contributed by atoms with Crippen LogP contribution in [0.2, 0.25) is 34.5 Å². The molecule has 15 heavy (non-hydrogen) atoms. The van der Waals surface area contributed by atoms with Crippen LogP contribution in [0.15, 0.2) is 30.3 Å². The predicted octanol–water partition coefficient (Wildman–Crippen LogP) is 4.16. The topological polar surface area (TPSA) is 3.24 Å². The Labute approximate surface area is 100 Å². The van der Waals surface area contributed by atoms with Crippen molar-refractivity contribution in [2.45, 2.75) is 34.5 Å². The molecule has 3 heteroatoms. The van der Waals surface area contributed by atoms with E-state index in [-0.39, 0.29) is 0 Å². The third-order valence-electron chi connectivity index (χ3n) is 2.36. The molecule has 1 aromatic carbocycles. The summed E-state index contributed by atoms with van der Waals surface area (Å²) in [4.78, 5) is 0. The van der Waals surface area contributed by atoms with E-state index in [0.29, 0.717) is 0 Å². The number of hydrogen-bond acceptors (Lipinski definition) is 1. The van der Waals surface area contributed by atoms with Gasteiger partial charge in [-0.15, -0.1) is 0 Å². The molecule has 84 valence electrons. The molecular weight excluding hydrogens is 303 g/mol. The van der Waals surface area contributed by atoms with Crippen molar-refractivity contribution >= 4 is 32.7 Å². The fourth-order valence-electron chi connectivity index (χ4n) is 2.36. The van der Waals surface area contributed by atoms with Gasteiger partial charge in [0.25, 0.3) is 0 Å². The van der Waals surface area contributed by atoms with Crippen LogP contribution in [0.4, 0.5) is 5.69 Å². The number of nitrogens with zero attached hydrogens (tertiary/aromatic N) is 1. The molecule has 0 saturated heterocycles. The van der Waals surface area contributed by atoms with E-state index in [2.05, 4.69) is 67.7 Å². The predicted molar refractivity (Wildman–Crippen MR) is 75.6 cm³/mol. The maximum absolute atomic E-state index is 2.83. The van der Waals surface area contributed by atoms with Gasteiger partial charge in [-0.25, -0.2) is 0 Å². The van der Waals surface area contributed by atoms with Gasteiger partial charge in [0.05, 0.1) is 0 Å². The van der Waals surface area contributed by atoms with E-state index in [1.165, 1.54) is 5.69 Å². The maximum atomic E-state index is 2.83. The van der Waals surface area contributed by atoms with Crippen LogP contribution >= 0.6 is 0 Å². The van der Waals surface area contributed by atoms with Crippen molar-refractivity contribution < 1.29 is 0 Å². The molecule has 1 rings (SSSR count). The van der Waals surface area contributed by atoms with E-state index in [9.17, 15) is 0 Å². The Morgan fingerprint density at radius 3 is 1.47 bits per heavy atom. The molecule has 1 nitrogen and oxygen atoms in total. The van der Waals surface area contributed by atoms with E-state index in [1.807, 2.05) is 0 Å². The second-order valence-corrected chi connectivity index (χ2v) is 28.1. The van der Waals surface area contributed by atoms with Gasteiger partial charge in [0, 0.05) is 0 Å². The van der Waals surface area contributed by atoms with Crippen molar-refractivity contribution in [3.8, 4) is 0 Å². The van der Waals surface area contributed by atoms with Crippen LogP contribution in [-0.4, -0.2) is 27.0 Å². The average Bonchev–Trinajstić information content (AvgIpc) is 2.00. The average molecular weight is 327 g/mol. The van der Waals surface area contributed by atoms with E-state index in [1.54, 1.807) is 0 Å². The number of hydrogen-bond donors (Lipinski definition) is 0. The molecule has 0 saturated carbocycles. The third-order valence-corrected chi connectivity index (χ3v) is 23.7. The van der Waals surface area contributed by atoms with Gasteiger partial charge in [-0.05, 0) is 0 Å². The van der Waals surface area contributed by atoms with E-state index < -0.39 is 27.0 Å².